The second-order valence-electron chi connectivity index (χ2n) is 4.69. The minimum absolute atomic E-state index is 0.181. The van der Waals surface area contributed by atoms with Crippen LogP contribution in [0.25, 0.3) is 10.1 Å². The van der Waals surface area contributed by atoms with E-state index in [9.17, 15) is 9.18 Å². The first-order chi connectivity index (χ1) is 10.6. The quantitative estimate of drug-likeness (QED) is 0.777. The number of anilines is 1. The highest BCUT2D eigenvalue weighted by Crippen LogP contribution is 2.34. The number of thiazole rings is 1. The topological polar surface area (TPSA) is 51.2 Å². The highest BCUT2D eigenvalue weighted by molar-refractivity contribution is 7.21. The van der Waals surface area contributed by atoms with E-state index < -0.39 is 0 Å². The van der Waals surface area contributed by atoms with Gasteiger partial charge in [0.1, 0.15) is 5.82 Å². The number of fused-ring (bicyclic) bond motifs is 1. The van der Waals surface area contributed by atoms with Crippen LogP contribution in [0.3, 0.4) is 0 Å². The number of rotatable bonds is 4. The van der Waals surface area contributed by atoms with Crippen molar-refractivity contribution in [1.29, 1.82) is 0 Å². The van der Waals surface area contributed by atoms with Crippen LogP contribution in [0.2, 0.25) is 0 Å². The highest BCUT2D eigenvalue weighted by Gasteiger charge is 2.21. The first kappa shape index (κ1) is 15.1. The lowest BCUT2D eigenvalue weighted by Gasteiger charge is -2.04. The number of carbonyl (C=O) groups is 1. The van der Waals surface area contributed by atoms with Gasteiger partial charge in [0.15, 0.2) is 5.13 Å². The molecule has 3 aromatic rings. The van der Waals surface area contributed by atoms with Crippen LogP contribution in [0, 0.1) is 12.7 Å². The molecule has 1 amide bonds. The molecular weight excluding hydrogens is 323 g/mol. The van der Waals surface area contributed by atoms with E-state index in [-0.39, 0.29) is 18.3 Å². The Morgan fingerprint density at radius 1 is 1.41 bits per heavy atom. The molecule has 114 valence electrons. The molecule has 22 heavy (non-hydrogen) atoms. The smallest absolute Gasteiger partial charge is 0.267 e. The number of thiophene rings is 1. The molecule has 1 aromatic carbocycles. The van der Waals surface area contributed by atoms with Crippen molar-refractivity contribution in [2.24, 2.45) is 0 Å². The molecule has 7 heteroatoms. The number of amides is 1. The normalized spacial score (nSPS) is 11.0. The molecule has 0 spiro atoms. The first-order valence-electron chi connectivity index (χ1n) is 6.52. The van der Waals surface area contributed by atoms with Crippen molar-refractivity contribution in [2.75, 3.05) is 12.4 Å². The van der Waals surface area contributed by atoms with Crippen molar-refractivity contribution in [3.05, 3.63) is 45.5 Å². The fourth-order valence-electron chi connectivity index (χ4n) is 2.20. The van der Waals surface area contributed by atoms with Gasteiger partial charge in [-0.1, -0.05) is 6.07 Å². The summed E-state index contributed by atoms with van der Waals surface area (Å²) in [6.45, 7) is 2.10. The Kier molecular flexibility index (Phi) is 4.19. The van der Waals surface area contributed by atoms with Gasteiger partial charge in [-0.25, -0.2) is 9.37 Å². The maximum absolute atomic E-state index is 14.1. The van der Waals surface area contributed by atoms with Crippen LogP contribution in [-0.4, -0.2) is 18.0 Å². The van der Waals surface area contributed by atoms with Gasteiger partial charge in [-0.2, -0.15) is 0 Å². The predicted molar refractivity (Wildman–Crippen MR) is 87.3 cm³/mol. The van der Waals surface area contributed by atoms with Crippen LogP contribution < -0.4 is 5.32 Å². The molecule has 0 aliphatic carbocycles. The van der Waals surface area contributed by atoms with Gasteiger partial charge in [-0.3, -0.25) is 10.1 Å². The van der Waals surface area contributed by atoms with Gasteiger partial charge >= 0.3 is 0 Å². The Hall–Kier alpha value is -1.83. The SMILES string of the molecule is COCc1c(C(=O)Nc2ncc(C)s2)sc2cccc(F)c12. The number of halogens is 1. The summed E-state index contributed by atoms with van der Waals surface area (Å²) in [5, 5.41) is 3.74. The Labute approximate surface area is 134 Å². The molecule has 0 unspecified atom stereocenters. The second kappa shape index (κ2) is 6.12. The van der Waals surface area contributed by atoms with E-state index in [2.05, 4.69) is 10.3 Å². The molecule has 2 aromatic heterocycles. The molecule has 0 aliphatic heterocycles. The summed E-state index contributed by atoms with van der Waals surface area (Å²) >= 11 is 2.65. The van der Waals surface area contributed by atoms with Gasteiger partial charge in [0, 0.05) is 33.8 Å². The van der Waals surface area contributed by atoms with Crippen molar-refractivity contribution in [3.63, 3.8) is 0 Å². The number of nitrogens with one attached hydrogen (secondary N) is 1. The van der Waals surface area contributed by atoms with Crippen LogP contribution in [0.4, 0.5) is 9.52 Å². The van der Waals surface area contributed by atoms with E-state index in [0.717, 1.165) is 9.58 Å². The molecule has 0 fully saturated rings. The third-order valence-corrected chi connectivity index (χ3v) is 5.12. The maximum Gasteiger partial charge on any atom is 0.267 e. The number of ether oxygens (including phenoxy) is 1. The summed E-state index contributed by atoms with van der Waals surface area (Å²) in [4.78, 5) is 18.1. The van der Waals surface area contributed by atoms with Crippen molar-refractivity contribution in [2.45, 2.75) is 13.5 Å². The summed E-state index contributed by atoms with van der Waals surface area (Å²) in [5.74, 6) is -0.632. The molecule has 1 N–H and O–H groups in total. The molecule has 0 radical (unpaired) electrons. The Morgan fingerprint density at radius 2 is 2.23 bits per heavy atom. The molecular formula is C15H13FN2O2S2. The Bertz CT molecular complexity index is 841. The van der Waals surface area contributed by atoms with E-state index >= 15 is 0 Å². The Morgan fingerprint density at radius 3 is 2.91 bits per heavy atom. The van der Waals surface area contributed by atoms with Crippen LogP contribution in [0.1, 0.15) is 20.1 Å². The largest absolute Gasteiger partial charge is 0.380 e. The zero-order chi connectivity index (χ0) is 15.7. The minimum Gasteiger partial charge on any atom is -0.380 e. The van der Waals surface area contributed by atoms with Gasteiger partial charge in [0.05, 0.1) is 11.5 Å². The van der Waals surface area contributed by atoms with Gasteiger partial charge in [0.2, 0.25) is 0 Å². The predicted octanol–water partition coefficient (Wildman–Crippen LogP) is 4.20. The zero-order valence-electron chi connectivity index (χ0n) is 12.0. The number of hydrogen-bond acceptors (Lipinski definition) is 5. The fraction of sp³-hybridized carbons (Fsp3) is 0.200. The van der Waals surface area contributed by atoms with Crippen LogP contribution in [-0.2, 0) is 11.3 Å². The molecule has 0 saturated carbocycles. The maximum atomic E-state index is 14.1. The van der Waals surface area contributed by atoms with Crippen molar-refractivity contribution in [3.8, 4) is 0 Å². The summed E-state index contributed by atoms with van der Waals surface area (Å²) < 4.78 is 20.0. The van der Waals surface area contributed by atoms with Gasteiger partial charge in [0.25, 0.3) is 5.91 Å². The molecule has 0 atom stereocenters. The highest BCUT2D eigenvalue weighted by atomic mass is 32.1. The lowest BCUT2D eigenvalue weighted by molar-refractivity contribution is 0.102. The molecule has 4 nitrogen and oxygen atoms in total. The number of carbonyl (C=O) groups excluding carboxylic acids is 1. The average Bonchev–Trinajstić information content (AvgIpc) is 3.04. The van der Waals surface area contributed by atoms with Gasteiger partial charge in [-0.15, -0.1) is 22.7 Å². The van der Waals surface area contributed by atoms with Crippen LogP contribution in [0.15, 0.2) is 24.4 Å². The third kappa shape index (κ3) is 2.75. The Balaban J connectivity index is 2.03. The van der Waals surface area contributed by atoms with Crippen molar-refractivity contribution in [1.82, 2.24) is 4.98 Å². The van der Waals surface area contributed by atoms with E-state index in [1.54, 1.807) is 18.3 Å². The molecule has 0 bridgehead atoms. The average molecular weight is 336 g/mol. The number of benzene rings is 1. The molecule has 0 aliphatic rings. The summed E-state index contributed by atoms with van der Waals surface area (Å²) in [7, 11) is 1.52. The minimum atomic E-state index is -0.343. The molecule has 3 rings (SSSR count). The fourth-order valence-corrected chi connectivity index (χ4v) is 3.98. The number of aromatic nitrogens is 1. The number of hydrogen-bond donors (Lipinski definition) is 1. The summed E-state index contributed by atoms with van der Waals surface area (Å²) in [6, 6.07) is 4.82. The zero-order valence-corrected chi connectivity index (χ0v) is 13.6. The lowest BCUT2D eigenvalue weighted by Crippen LogP contribution is -2.12. The van der Waals surface area contributed by atoms with Gasteiger partial charge < -0.3 is 4.74 Å². The second-order valence-corrected chi connectivity index (χ2v) is 6.97. The standard InChI is InChI=1S/C15H13FN2O2S2/c1-8-6-17-15(21-8)18-14(19)13-9(7-20-2)12-10(16)4-3-5-11(12)22-13/h3-6H,7H2,1-2H3,(H,17,18,19). The summed E-state index contributed by atoms with van der Waals surface area (Å²) in [5.41, 5.74) is 0.575. The van der Waals surface area contributed by atoms with Crippen molar-refractivity contribution < 1.29 is 13.9 Å². The van der Waals surface area contributed by atoms with Crippen molar-refractivity contribution >= 4 is 43.8 Å². The summed E-state index contributed by atoms with van der Waals surface area (Å²) in [6.07, 6.45) is 1.70. The van der Waals surface area contributed by atoms with Crippen LogP contribution >= 0.6 is 22.7 Å². The number of nitrogens with zero attached hydrogens (tertiary/aromatic N) is 1. The van der Waals surface area contributed by atoms with Crippen LogP contribution in [0.5, 0.6) is 0 Å². The van der Waals surface area contributed by atoms with E-state index in [4.69, 9.17) is 4.74 Å². The van der Waals surface area contributed by atoms with Gasteiger partial charge in [-0.05, 0) is 19.1 Å². The number of methoxy groups -OCH3 is 1. The van der Waals surface area contributed by atoms with E-state index in [1.807, 2.05) is 6.92 Å². The third-order valence-electron chi connectivity index (χ3n) is 3.10. The van der Waals surface area contributed by atoms with E-state index in [0.29, 0.717) is 21.0 Å². The van der Waals surface area contributed by atoms with E-state index in [1.165, 1.54) is 35.8 Å². The lowest BCUT2D eigenvalue weighted by atomic mass is 10.1. The number of aryl methyl sites for hydroxylation is 1. The first-order valence-corrected chi connectivity index (χ1v) is 8.16. The monoisotopic (exact) mass is 336 g/mol. The molecule has 0 saturated heterocycles. The molecule has 2 heterocycles.